The normalized spacial score (nSPS) is 12.2. The highest BCUT2D eigenvalue weighted by atomic mass is 16.7. The number of aromatic nitrogens is 1. The fourth-order valence-electron chi connectivity index (χ4n) is 3.40. The molecule has 6 nitrogen and oxygen atoms in total. The average molecular weight is 364 g/mol. The lowest BCUT2D eigenvalue weighted by Gasteiger charge is -2.15. The van der Waals surface area contributed by atoms with Gasteiger partial charge < -0.3 is 24.5 Å². The lowest BCUT2D eigenvalue weighted by Crippen LogP contribution is -2.12. The molecule has 1 aliphatic heterocycles. The summed E-state index contributed by atoms with van der Waals surface area (Å²) in [4.78, 5) is 11.9. The van der Waals surface area contributed by atoms with Gasteiger partial charge >= 0.3 is 0 Å². The molecule has 27 heavy (non-hydrogen) atoms. The molecule has 0 spiro atoms. The van der Waals surface area contributed by atoms with E-state index in [1.54, 1.807) is 7.11 Å². The van der Waals surface area contributed by atoms with E-state index in [1.165, 1.54) is 0 Å². The quantitative estimate of drug-likeness (QED) is 0.753. The first-order valence-electron chi connectivity index (χ1n) is 8.60. The average Bonchev–Trinajstić information content (AvgIpc) is 3.26. The topological polar surface area (TPSA) is 75.7 Å². The number of ether oxygens (including phenoxy) is 3. The monoisotopic (exact) mass is 364 g/mol. The van der Waals surface area contributed by atoms with E-state index in [2.05, 4.69) is 4.57 Å². The summed E-state index contributed by atoms with van der Waals surface area (Å²) in [6, 6.07) is 15.4. The minimum Gasteiger partial charge on any atom is -0.496 e. The number of methoxy groups -OCH3 is 1. The summed E-state index contributed by atoms with van der Waals surface area (Å²) < 4.78 is 18.4. The number of hydrogen-bond acceptors (Lipinski definition) is 4. The van der Waals surface area contributed by atoms with E-state index in [1.807, 2.05) is 55.5 Å². The fourth-order valence-corrected chi connectivity index (χ4v) is 3.40. The molecule has 2 N–H and O–H groups in total. The summed E-state index contributed by atoms with van der Waals surface area (Å²) in [5, 5.41) is 0. The zero-order valence-electron chi connectivity index (χ0n) is 15.2. The molecule has 3 aromatic rings. The summed E-state index contributed by atoms with van der Waals surface area (Å²) in [6.45, 7) is 2.69. The van der Waals surface area contributed by atoms with E-state index < -0.39 is 5.91 Å². The molecule has 2 aromatic carbocycles. The van der Waals surface area contributed by atoms with Crippen molar-refractivity contribution in [2.24, 2.45) is 5.73 Å². The highest BCUT2D eigenvalue weighted by Crippen LogP contribution is 2.36. The van der Waals surface area contributed by atoms with E-state index in [-0.39, 0.29) is 6.79 Å². The van der Waals surface area contributed by atoms with Crippen LogP contribution in [0.2, 0.25) is 0 Å². The van der Waals surface area contributed by atoms with Gasteiger partial charge in [-0.25, -0.2) is 0 Å². The first-order valence-corrected chi connectivity index (χ1v) is 8.60. The van der Waals surface area contributed by atoms with Crippen LogP contribution in [0.25, 0.3) is 11.3 Å². The molecule has 4 rings (SSSR count). The maximum Gasteiger partial charge on any atom is 0.250 e. The molecule has 1 aromatic heterocycles. The van der Waals surface area contributed by atoms with Crippen molar-refractivity contribution in [3.8, 4) is 28.5 Å². The molecule has 0 aliphatic carbocycles. The molecule has 1 aliphatic rings. The van der Waals surface area contributed by atoms with Crippen molar-refractivity contribution in [1.29, 1.82) is 0 Å². The van der Waals surface area contributed by atoms with E-state index in [4.69, 9.17) is 19.9 Å². The number of rotatable bonds is 5. The van der Waals surface area contributed by atoms with Crippen LogP contribution in [-0.4, -0.2) is 24.4 Å². The molecule has 1 amide bonds. The molecule has 0 saturated heterocycles. The van der Waals surface area contributed by atoms with Gasteiger partial charge in [0, 0.05) is 17.8 Å². The fraction of sp³-hybridized carbons (Fsp3) is 0.190. The van der Waals surface area contributed by atoms with Crippen LogP contribution in [0.15, 0.2) is 48.5 Å². The van der Waals surface area contributed by atoms with Crippen molar-refractivity contribution in [2.45, 2.75) is 13.5 Å². The van der Waals surface area contributed by atoms with Gasteiger partial charge in [0.05, 0.1) is 18.4 Å². The van der Waals surface area contributed by atoms with Gasteiger partial charge in [-0.1, -0.05) is 18.2 Å². The second kappa shape index (κ2) is 6.72. The van der Waals surface area contributed by atoms with Crippen LogP contribution < -0.4 is 19.9 Å². The van der Waals surface area contributed by atoms with Crippen LogP contribution in [0.5, 0.6) is 17.2 Å². The molecular weight excluding hydrogens is 344 g/mol. The minimum atomic E-state index is -0.451. The van der Waals surface area contributed by atoms with E-state index >= 15 is 0 Å². The Labute approximate surface area is 157 Å². The number of nitrogens with two attached hydrogens (primary N) is 1. The van der Waals surface area contributed by atoms with Crippen molar-refractivity contribution in [1.82, 2.24) is 4.57 Å². The summed E-state index contributed by atoms with van der Waals surface area (Å²) in [5.74, 6) is 1.75. The van der Waals surface area contributed by atoms with Crippen LogP contribution in [0, 0.1) is 6.92 Å². The third kappa shape index (κ3) is 2.99. The molecule has 2 heterocycles. The highest BCUT2D eigenvalue weighted by molar-refractivity contribution is 5.96. The number of carbonyl (C=O) groups is 1. The van der Waals surface area contributed by atoms with Crippen molar-refractivity contribution in [3.05, 3.63) is 65.4 Å². The SMILES string of the molecule is COc1ccccc1-c1cc(C(N)=O)c(C)n1Cc1ccc2c(c1)OCO2. The Balaban J connectivity index is 1.82. The van der Waals surface area contributed by atoms with Gasteiger partial charge in [-0.05, 0) is 42.8 Å². The standard InChI is InChI=1S/C21H20N2O4/c1-13-16(21(22)24)10-17(15-5-3-4-6-18(15)25-2)23(13)11-14-7-8-19-20(9-14)27-12-26-19/h3-10H,11-12H2,1-2H3,(H2,22,24). The first-order chi connectivity index (χ1) is 13.1. The van der Waals surface area contributed by atoms with Crippen LogP contribution in [-0.2, 0) is 6.54 Å². The molecule has 0 saturated carbocycles. The maximum absolute atomic E-state index is 11.9. The summed E-state index contributed by atoms with van der Waals surface area (Å²) in [6.07, 6.45) is 0. The zero-order valence-corrected chi connectivity index (χ0v) is 15.2. The van der Waals surface area contributed by atoms with Crippen molar-refractivity contribution >= 4 is 5.91 Å². The molecule has 6 heteroatoms. The maximum atomic E-state index is 11.9. The van der Waals surface area contributed by atoms with Gasteiger partial charge in [-0.3, -0.25) is 4.79 Å². The van der Waals surface area contributed by atoms with Gasteiger partial charge in [0.15, 0.2) is 11.5 Å². The Hall–Kier alpha value is -3.41. The number of hydrogen-bond donors (Lipinski definition) is 1. The number of para-hydroxylation sites is 1. The van der Waals surface area contributed by atoms with Crippen LogP contribution in [0.4, 0.5) is 0 Å². The smallest absolute Gasteiger partial charge is 0.250 e. The number of primary amides is 1. The predicted molar refractivity (Wildman–Crippen MR) is 101 cm³/mol. The third-order valence-electron chi connectivity index (χ3n) is 4.79. The largest absolute Gasteiger partial charge is 0.496 e. The summed E-state index contributed by atoms with van der Waals surface area (Å²) in [5.41, 5.74) is 9.70. The molecule has 0 bridgehead atoms. The lowest BCUT2D eigenvalue weighted by molar-refractivity contribution is 0.0999. The van der Waals surface area contributed by atoms with Gasteiger partial charge in [0.2, 0.25) is 6.79 Å². The Kier molecular flexibility index (Phi) is 4.24. The zero-order chi connectivity index (χ0) is 19.0. The summed E-state index contributed by atoms with van der Waals surface area (Å²) in [7, 11) is 1.63. The highest BCUT2D eigenvalue weighted by Gasteiger charge is 2.20. The van der Waals surface area contributed by atoms with Gasteiger partial charge in [0.25, 0.3) is 5.91 Å². The Morgan fingerprint density at radius 2 is 1.93 bits per heavy atom. The molecule has 0 fully saturated rings. The van der Waals surface area contributed by atoms with E-state index in [9.17, 15) is 4.79 Å². The van der Waals surface area contributed by atoms with Crippen LogP contribution in [0.1, 0.15) is 21.6 Å². The molecule has 0 radical (unpaired) electrons. The Bertz CT molecular complexity index is 1020. The number of carbonyl (C=O) groups excluding carboxylic acids is 1. The molecule has 0 unspecified atom stereocenters. The molecular formula is C21H20N2O4. The van der Waals surface area contributed by atoms with Crippen molar-refractivity contribution < 1.29 is 19.0 Å². The second-order valence-corrected chi connectivity index (χ2v) is 6.37. The number of nitrogens with zero attached hydrogens (tertiary/aromatic N) is 1. The van der Waals surface area contributed by atoms with Crippen LogP contribution in [0.3, 0.4) is 0 Å². The number of benzene rings is 2. The number of fused-ring (bicyclic) bond motifs is 1. The minimum absolute atomic E-state index is 0.236. The molecule has 138 valence electrons. The van der Waals surface area contributed by atoms with E-state index in [0.717, 1.165) is 39.8 Å². The summed E-state index contributed by atoms with van der Waals surface area (Å²) >= 11 is 0. The Morgan fingerprint density at radius 1 is 1.15 bits per heavy atom. The predicted octanol–water partition coefficient (Wildman–Crippen LogP) is 3.35. The second-order valence-electron chi connectivity index (χ2n) is 6.37. The van der Waals surface area contributed by atoms with Gasteiger partial charge in [-0.2, -0.15) is 0 Å². The third-order valence-corrected chi connectivity index (χ3v) is 4.79. The lowest BCUT2D eigenvalue weighted by atomic mass is 10.1. The number of amides is 1. The van der Waals surface area contributed by atoms with Crippen molar-refractivity contribution in [2.75, 3.05) is 13.9 Å². The van der Waals surface area contributed by atoms with Crippen molar-refractivity contribution in [3.63, 3.8) is 0 Å². The Morgan fingerprint density at radius 3 is 2.70 bits per heavy atom. The molecule has 0 atom stereocenters. The first kappa shape index (κ1) is 17.0. The van der Waals surface area contributed by atoms with E-state index in [0.29, 0.717) is 12.1 Å². The van der Waals surface area contributed by atoms with Gasteiger partial charge in [0.1, 0.15) is 5.75 Å². The van der Waals surface area contributed by atoms with Gasteiger partial charge in [-0.15, -0.1) is 0 Å². The van der Waals surface area contributed by atoms with Crippen LogP contribution >= 0.6 is 0 Å².